The molecule has 0 atom stereocenters. The fourth-order valence-electron chi connectivity index (χ4n) is 5.58. The lowest BCUT2D eigenvalue weighted by Gasteiger charge is -2.21. The molecule has 4 aromatic rings. The number of benzene rings is 2. The van der Waals surface area contributed by atoms with Crippen molar-refractivity contribution in [2.75, 3.05) is 29.0 Å². The molecule has 0 saturated carbocycles. The van der Waals surface area contributed by atoms with Crippen LogP contribution in [0.3, 0.4) is 0 Å². The lowest BCUT2D eigenvalue weighted by Crippen LogP contribution is -2.32. The van der Waals surface area contributed by atoms with Gasteiger partial charge in [0.2, 0.25) is 5.91 Å². The molecule has 3 heterocycles. The van der Waals surface area contributed by atoms with Gasteiger partial charge in [0.1, 0.15) is 18.4 Å². The van der Waals surface area contributed by atoms with Crippen LogP contribution in [-0.2, 0) is 30.5 Å². The number of halogens is 3. The third-order valence-electron chi connectivity index (χ3n) is 7.10. The second kappa shape index (κ2) is 8.79. The van der Waals surface area contributed by atoms with Gasteiger partial charge in [0.15, 0.2) is 5.82 Å². The molecule has 1 aliphatic heterocycles. The van der Waals surface area contributed by atoms with E-state index in [1.807, 2.05) is 30.3 Å². The number of nitrogens with zero attached hydrogens (tertiary/aromatic N) is 4. The normalized spacial score (nSPS) is 14.7. The molecule has 0 bridgehead atoms. The third kappa shape index (κ3) is 4.36. The number of carbonyl (C=O) groups is 1. The van der Waals surface area contributed by atoms with Crippen LogP contribution >= 0.6 is 0 Å². The minimum Gasteiger partial charge on any atom is -0.382 e. The van der Waals surface area contributed by atoms with E-state index in [4.69, 9.17) is 5.73 Å². The predicted octanol–water partition coefficient (Wildman–Crippen LogP) is 4.60. The topological polar surface area (TPSA) is 89.1 Å². The molecular weight excluding hydrogens is 481 g/mol. The molecule has 2 aromatic heterocycles. The number of alkyl halides is 3. The van der Waals surface area contributed by atoms with E-state index in [0.29, 0.717) is 30.2 Å². The first-order chi connectivity index (χ1) is 17.8. The van der Waals surface area contributed by atoms with Crippen molar-refractivity contribution in [3.05, 3.63) is 71.2 Å². The number of hydrogen-bond acceptors (Lipinski definition) is 5. The molecule has 37 heavy (non-hydrogen) atoms. The first-order valence-corrected chi connectivity index (χ1v) is 12.2. The summed E-state index contributed by atoms with van der Waals surface area (Å²) in [7, 11) is 0. The molecule has 2 aliphatic rings. The number of hydrogen-bond donors (Lipinski definition) is 2. The number of rotatable bonds is 5. The van der Waals surface area contributed by atoms with Crippen molar-refractivity contribution in [3.63, 3.8) is 0 Å². The van der Waals surface area contributed by atoms with E-state index >= 15 is 0 Å². The van der Waals surface area contributed by atoms with Gasteiger partial charge < -0.3 is 20.5 Å². The minimum absolute atomic E-state index is 0.137. The zero-order chi connectivity index (χ0) is 25.7. The number of aromatic nitrogens is 3. The Bertz CT molecular complexity index is 1510. The average Bonchev–Trinajstić information content (AvgIpc) is 3.54. The summed E-state index contributed by atoms with van der Waals surface area (Å²) in [5.41, 5.74) is 14.1. The summed E-state index contributed by atoms with van der Waals surface area (Å²) >= 11 is 0. The number of nitrogen functional groups attached to an aromatic ring is 1. The molecular formula is C27H25F3N6O. The highest BCUT2D eigenvalue weighted by Gasteiger charge is 2.33. The van der Waals surface area contributed by atoms with Gasteiger partial charge >= 0.3 is 6.18 Å². The van der Waals surface area contributed by atoms with E-state index in [0.717, 1.165) is 47.1 Å². The van der Waals surface area contributed by atoms with E-state index in [2.05, 4.69) is 19.9 Å². The van der Waals surface area contributed by atoms with E-state index in [1.165, 1.54) is 22.5 Å². The molecule has 10 heteroatoms. The van der Waals surface area contributed by atoms with Crippen LogP contribution in [0, 0.1) is 0 Å². The molecule has 0 unspecified atom stereocenters. The zero-order valence-electron chi connectivity index (χ0n) is 20.0. The number of aryl methyl sites for hydroxylation is 1. The van der Waals surface area contributed by atoms with Crippen molar-refractivity contribution in [2.45, 2.75) is 38.3 Å². The molecule has 1 amide bonds. The molecule has 0 spiro atoms. The number of amides is 1. The first kappa shape index (κ1) is 23.3. The second-order valence-electron chi connectivity index (χ2n) is 9.59. The number of nitrogens with two attached hydrogens (primary N) is 1. The van der Waals surface area contributed by atoms with Crippen molar-refractivity contribution in [1.29, 1.82) is 0 Å². The monoisotopic (exact) mass is 506 g/mol. The molecule has 0 radical (unpaired) electrons. The van der Waals surface area contributed by atoms with Crippen LogP contribution in [0.1, 0.15) is 28.8 Å². The van der Waals surface area contributed by atoms with Gasteiger partial charge in [-0.1, -0.05) is 12.1 Å². The molecule has 0 fully saturated rings. The van der Waals surface area contributed by atoms with Gasteiger partial charge in [-0.3, -0.25) is 4.79 Å². The van der Waals surface area contributed by atoms with Crippen LogP contribution in [0.2, 0.25) is 0 Å². The standard InChI is InChI=1S/C27H25F3N6O/c28-27(29,30)14-35-11-10-17-12-16(4-9-21(17)35)13-23(37)34-18-5-7-19(8-6-18)36-22-3-1-2-20(22)24-25(36)26(31)33-15-32-24/h4-9,12,15H,1-3,10-11,13-14H2,(H,34,37)(H2,31,32,33). The molecule has 0 saturated heterocycles. The largest absolute Gasteiger partial charge is 0.405 e. The Hall–Kier alpha value is -4.08. The van der Waals surface area contributed by atoms with Gasteiger partial charge in [-0.15, -0.1) is 0 Å². The summed E-state index contributed by atoms with van der Waals surface area (Å²) in [6.45, 7) is -0.633. The first-order valence-electron chi connectivity index (χ1n) is 12.2. The maximum absolute atomic E-state index is 12.8. The molecule has 190 valence electrons. The summed E-state index contributed by atoms with van der Waals surface area (Å²) in [5, 5.41) is 2.91. The lowest BCUT2D eigenvalue weighted by atomic mass is 10.1. The second-order valence-corrected chi connectivity index (χ2v) is 9.59. The third-order valence-corrected chi connectivity index (χ3v) is 7.10. The SMILES string of the molecule is Nc1ncnc2c3c(n(-c4ccc(NC(=O)Cc5ccc6c(c5)CCN6CC(F)(F)F)cc4)c12)CCC3. The molecule has 6 rings (SSSR count). The van der Waals surface area contributed by atoms with Crippen molar-refractivity contribution in [1.82, 2.24) is 14.5 Å². The molecule has 2 aromatic carbocycles. The highest BCUT2D eigenvalue weighted by Crippen LogP contribution is 2.36. The van der Waals surface area contributed by atoms with Crippen LogP contribution in [0.25, 0.3) is 16.7 Å². The summed E-state index contributed by atoms with van der Waals surface area (Å²) in [6, 6.07) is 12.8. The van der Waals surface area contributed by atoms with E-state index < -0.39 is 12.7 Å². The van der Waals surface area contributed by atoms with Crippen LogP contribution < -0.4 is 16.0 Å². The van der Waals surface area contributed by atoms with Crippen molar-refractivity contribution in [2.24, 2.45) is 0 Å². The number of carbonyl (C=O) groups excluding carboxylic acids is 1. The van der Waals surface area contributed by atoms with Gasteiger partial charge in [0, 0.05) is 29.3 Å². The quantitative estimate of drug-likeness (QED) is 0.413. The molecule has 1 aliphatic carbocycles. The molecule has 3 N–H and O–H groups in total. The summed E-state index contributed by atoms with van der Waals surface area (Å²) in [6.07, 6.45) is 0.906. The van der Waals surface area contributed by atoms with Crippen LogP contribution in [0.4, 0.5) is 30.4 Å². The Morgan fingerprint density at radius 2 is 1.86 bits per heavy atom. The van der Waals surface area contributed by atoms with Gasteiger partial charge in [-0.05, 0) is 72.7 Å². The predicted molar refractivity (Wildman–Crippen MR) is 136 cm³/mol. The van der Waals surface area contributed by atoms with Crippen LogP contribution in [0.15, 0.2) is 48.8 Å². The Balaban J connectivity index is 1.17. The van der Waals surface area contributed by atoms with Crippen molar-refractivity contribution < 1.29 is 18.0 Å². The zero-order valence-corrected chi connectivity index (χ0v) is 20.0. The van der Waals surface area contributed by atoms with Crippen molar-refractivity contribution in [3.8, 4) is 5.69 Å². The van der Waals surface area contributed by atoms with Gasteiger partial charge in [-0.25, -0.2) is 9.97 Å². The highest BCUT2D eigenvalue weighted by atomic mass is 19.4. The fourth-order valence-corrected chi connectivity index (χ4v) is 5.58. The fraction of sp³-hybridized carbons (Fsp3) is 0.296. The smallest absolute Gasteiger partial charge is 0.382 e. The highest BCUT2D eigenvalue weighted by molar-refractivity contribution is 5.93. The van der Waals surface area contributed by atoms with Crippen LogP contribution in [-0.4, -0.2) is 39.7 Å². The van der Waals surface area contributed by atoms with Gasteiger partial charge in [0.05, 0.1) is 11.9 Å². The van der Waals surface area contributed by atoms with Crippen molar-refractivity contribution >= 4 is 34.1 Å². The lowest BCUT2D eigenvalue weighted by molar-refractivity contribution is -0.119. The Labute approximate surface area is 211 Å². The summed E-state index contributed by atoms with van der Waals surface area (Å²) < 4.78 is 40.5. The van der Waals surface area contributed by atoms with Gasteiger partial charge in [0.25, 0.3) is 0 Å². The van der Waals surface area contributed by atoms with Crippen LogP contribution in [0.5, 0.6) is 0 Å². The maximum Gasteiger partial charge on any atom is 0.405 e. The number of anilines is 3. The molecule has 7 nitrogen and oxygen atoms in total. The Morgan fingerprint density at radius 1 is 1.05 bits per heavy atom. The van der Waals surface area contributed by atoms with Gasteiger partial charge in [-0.2, -0.15) is 13.2 Å². The van der Waals surface area contributed by atoms with E-state index in [-0.39, 0.29) is 12.3 Å². The summed E-state index contributed by atoms with van der Waals surface area (Å²) in [4.78, 5) is 22.7. The van der Waals surface area contributed by atoms with E-state index in [9.17, 15) is 18.0 Å². The summed E-state index contributed by atoms with van der Waals surface area (Å²) in [5.74, 6) is 0.246. The van der Waals surface area contributed by atoms with E-state index in [1.54, 1.807) is 12.1 Å². The maximum atomic E-state index is 12.8. The number of fused-ring (bicyclic) bond motifs is 4. The Morgan fingerprint density at radius 3 is 2.65 bits per heavy atom. The number of nitrogens with one attached hydrogen (secondary N) is 1. The minimum atomic E-state index is -4.25. The average molecular weight is 507 g/mol. The Kier molecular flexibility index (Phi) is 5.54.